The summed E-state index contributed by atoms with van der Waals surface area (Å²) in [6, 6.07) is 7.30. The van der Waals surface area contributed by atoms with Crippen molar-refractivity contribution < 1.29 is 9.21 Å². The maximum atomic E-state index is 12.2. The summed E-state index contributed by atoms with van der Waals surface area (Å²) in [6.07, 6.45) is 3.50. The van der Waals surface area contributed by atoms with Crippen LogP contribution in [-0.2, 0) is 11.2 Å². The van der Waals surface area contributed by atoms with Crippen LogP contribution in [0.25, 0.3) is 11.3 Å². The molecule has 0 bridgehead atoms. The number of hydrogen-bond donors (Lipinski definition) is 2. The highest BCUT2D eigenvalue weighted by molar-refractivity contribution is 5.91. The van der Waals surface area contributed by atoms with Gasteiger partial charge in [0.1, 0.15) is 5.82 Å². The zero-order valence-electron chi connectivity index (χ0n) is 14.0. The van der Waals surface area contributed by atoms with Crippen molar-refractivity contribution in [2.45, 2.75) is 26.7 Å². The molecule has 0 aliphatic rings. The van der Waals surface area contributed by atoms with Crippen molar-refractivity contribution in [3.8, 4) is 11.3 Å². The smallest absolute Gasteiger partial charge is 0.254 e. The fourth-order valence-corrected chi connectivity index (χ4v) is 2.62. The number of aromatic nitrogens is 3. The summed E-state index contributed by atoms with van der Waals surface area (Å²) in [5.74, 6) is 1.03. The molecule has 0 aliphatic carbocycles. The summed E-state index contributed by atoms with van der Waals surface area (Å²) in [7, 11) is 0. The van der Waals surface area contributed by atoms with Crippen LogP contribution in [0.4, 0.5) is 5.69 Å². The van der Waals surface area contributed by atoms with E-state index in [4.69, 9.17) is 4.42 Å². The van der Waals surface area contributed by atoms with Crippen LogP contribution in [0, 0.1) is 13.8 Å². The second kappa shape index (κ2) is 7.12. The predicted molar refractivity (Wildman–Crippen MR) is 93.2 cm³/mol. The van der Waals surface area contributed by atoms with Gasteiger partial charge in [-0.3, -0.25) is 9.59 Å². The van der Waals surface area contributed by atoms with E-state index in [1.807, 2.05) is 18.2 Å². The maximum absolute atomic E-state index is 12.2. The Kier molecular flexibility index (Phi) is 4.74. The number of oxazole rings is 1. The van der Waals surface area contributed by atoms with Gasteiger partial charge in [0.25, 0.3) is 5.56 Å². The number of anilines is 1. The van der Waals surface area contributed by atoms with Crippen molar-refractivity contribution in [3.63, 3.8) is 0 Å². The number of hydrogen-bond acceptors (Lipinski definition) is 5. The molecule has 0 saturated heterocycles. The summed E-state index contributed by atoms with van der Waals surface area (Å²) in [5.41, 5.74) is 2.49. The molecule has 0 spiro atoms. The zero-order valence-corrected chi connectivity index (χ0v) is 14.0. The van der Waals surface area contributed by atoms with E-state index >= 15 is 0 Å². The first kappa shape index (κ1) is 16.6. The fourth-order valence-electron chi connectivity index (χ4n) is 2.62. The van der Waals surface area contributed by atoms with Crippen LogP contribution in [0.2, 0.25) is 0 Å². The highest BCUT2D eigenvalue weighted by atomic mass is 16.3. The minimum atomic E-state index is -0.190. The Morgan fingerprint density at radius 3 is 2.88 bits per heavy atom. The number of benzene rings is 1. The third kappa shape index (κ3) is 4.00. The topological polar surface area (TPSA) is 101 Å². The standard InChI is InChI=1S/C18H18N4O3/c1-11-15(18(24)21-12(2)20-11)6-7-17(23)22-14-5-3-4-13(8-14)16-9-19-10-25-16/h3-5,8-10H,6-7H2,1-2H3,(H,22,23)(H,20,21,24). The highest BCUT2D eigenvalue weighted by Gasteiger charge is 2.10. The third-order valence-corrected chi connectivity index (χ3v) is 3.81. The van der Waals surface area contributed by atoms with Crippen LogP contribution < -0.4 is 10.9 Å². The van der Waals surface area contributed by atoms with E-state index in [9.17, 15) is 9.59 Å². The Labute approximate surface area is 144 Å². The van der Waals surface area contributed by atoms with Crippen molar-refractivity contribution in [1.82, 2.24) is 15.0 Å². The number of amides is 1. The van der Waals surface area contributed by atoms with Gasteiger partial charge in [0.05, 0.1) is 6.20 Å². The molecule has 1 amide bonds. The number of nitrogens with zero attached hydrogens (tertiary/aromatic N) is 2. The summed E-state index contributed by atoms with van der Waals surface area (Å²) < 4.78 is 5.25. The molecule has 0 aliphatic heterocycles. The summed E-state index contributed by atoms with van der Waals surface area (Å²) >= 11 is 0. The van der Waals surface area contributed by atoms with Gasteiger partial charge in [-0.15, -0.1) is 0 Å². The van der Waals surface area contributed by atoms with Crippen molar-refractivity contribution in [1.29, 1.82) is 0 Å². The van der Waals surface area contributed by atoms with Gasteiger partial charge in [0, 0.05) is 28.9 Å². The van der Waals surface area contributed by atoms with E-state index in [2.05, 4.69) is 20.3 Å². The average molecular weight is 338 g/mol. The number of carbonyl (C=O) groups excluding carboxylic acids is 1. The SMILES string of the molecule is Cc1nc(C)c(CCC(=O)Nc2cccc(-c3cnco3)c2)c(=O)[nH]1. The number of carbonyl (C=O) groups is 1. The Morgan fingerprint density at radius 2 is 2.16 bits per heavy atom. The van der Waals surface area contributed by atoms with Crippen molar-refractivity contribution in [2.75, 3.05) is 5.32 Å². The maximum Gasteiger partial charge on any atom is 0.254 e. The fraction of sp³-hybridized carbons (Fsp3) is 0.222. The molecule has 3 rings (SSSR count). The summed E-state index contributed by atoms with van der Waals surface area (Å²) in [4.78, 5) is 34.9. The third-order valence-electron chi connectivity index (χ3n) is 3.81. The summed E-state index contributed by atoms with van der Waals surface area (Å²) in [5, 5.41) is 2.83. The lowest BCUT2D eigenvalue weighted by Crippen LogP contribution is -2.20. The Hall–Kier alpha value is -3.22. The molecule has 0 fully saturated rings. The number of aryl methyl sites for hydroxylation is 2. The van der Waals surface area contributed by atoms with Crippen molar-refractivity contribution in [3.05, 3.63) is 64.3 Å². The van der Waals surface area contributed by atoms with Crippen molar-refractivity contribution >= 4 is 11.6 Å². The first-order chi connectivity index (χ1) is 12.0. The highest BCUT2D eigenvalue weighted by Crippen LogP contribution is 2.22. The Bertz CT molecular complexity index is 945. The van der Waals surface area contributed by atoms with Crippen LogP contribution >= 0.6 is 0 Å². The predicted octanol–water partition coefficient (Wildman–Crippen LogP) is 2.61. The van der Waals surface area contributed by atoms with E-state index in [1.54, 1.807) is 26.1 Å². The normalized spacial score (nSPS) is 10.6. The Balaban J connectivity index is 1.66. The molecule has 128 valence electrons. The van der Waals surface area contributed by atoms with Gasteiger partial charge < -0.3 is 14.7 Å². The number of H-pyrrole nitrogens is 1. The lowest BCUT2D eigenvalue weighted by atomic mass is 10.1. The van der Waals surface area contributed by atoms with Crippen molar-refractivity contribution in [2.24, 2.45) is 0 Å². The van der Waals surface area contributed by atoms with Crippen LogP contribution in [0.15, 0.2) is 46.1 Å². The zero-order chi connectivity index (χ0) is 17.8. The molecule has 0 atom stereocenters. The first-order valence-electron chi connectivity index (χ1n) is 7.88. The number of nitrogens with one attached hydrogen (secondary N) is 2. The largest absolute Gasteiger partial charge is 0.444 e. The lowest BCUT2D eigenvalue weighted by molar-refractivity contribution is -0.116. The van der Waals surface area contributed by atoms with E-state index < -0.39 is 0 Å². The monoisotopic (exact) mass is 338 g/mol. The second-order valence-electron chi connectivity index (χ2n) is 5.71. The van der Waals surface area contributed by atoms with Gasteiger partial charge in [-0.25, -0.2) is 9.97 Å². The Morgan fingerprint density at radius 1 is 1.32 bits per heavy atom. The molecular formula is C18H18N4O3. The second-order valence-corrected chi connectivity index (χ2v) is 5.71. The van der Waals surface area contributed by atoms with Crippen LogP contribution in [0.5, 0.6) is 0 Å². The molecule has 7 nitrogen and oxygen atoms in total. The summed E-state index contributed by atoms with van der Waals surface area (Å²) in [6.45, 7) is 3.50. The van der Waals surface area contributed by atoms with Gasteiger partial charge in [0.2, 0.25) is 5.91 Å². The molecule has 0 saturated carbocycles. The molecule has 7 heteroatoms. The van der Waals surface area contributed by atoms with E-state index in [0.29, 0.717) is 35.0 Å². The van der Waals surface area contributed by atoms with Gasteiger partial charge in [-0.05, 0) is 32.4 Å². The molecule has 2 heterocycles. The molecule has 1 aromatic carbocycles. The number of rotatable bonds is 5. The molecular weight excluding hydrogens is 320 g/mol. The van der Waals surface area contributed by atoms with Crippen LogP contribution in [-0.4, -0.2) is 20.9 Å². The molecule has 0 unspecified atom stereocenters. The molecule has 2 aromatic heterocycles. The van der Waals surface area contributed by atoms with E-state index in [1.165, 1.54) is 6.39 Å². The van der Waals surface area contributed by atoms with Crippen LogP contribution in [0.1, 0.15) is 23.5 Å². The molecule has 2 N–H and O–H groups in total. The van der Waals surface area contributed by atoms with Gasteiger partial charge in [0.15, 0.2) is 12.2 Å². The minimum absolute atomic E-state index is 0.172. The quantitative estimate of drug-likeness (QED) is 0.745. The van der Waals surface area contributed by atoms with E-state index in [0.717, 1.165) is 5.56 Å². The molecule has 0 radical (unpaired) electrons. The first-order valence-corrected chi connectivity index (χ1v) is 7.88. The lowest BCUT2D eigenvalue weighted by Gasteiger charge is -2.08. The van der Waals surface area contributed by atoms with E-state index in [-0.39, 0.29) is 17.9 Å². The minimum Gasteiger partial charge on any atom is -0.444 e. The van der Waals surface area contributed by atoms with Crippen LogP contribution in [0.3, 0.4) is 0 Å². The van der Waals surface area contributed by atoms with Gasteiger partial charge in [-0.2, -0.15) is 0 Å². The molecule has 3 aromatic rings. The molecule has 25 heavy (non-hydrogen) atoms. The number of aromatic amines is 1. The average Bonchev–Trinajstić information content (AvgIpc) is 3.08. The van der Waals surface area contributed by atoms with Gasteiger partial charge >= 0.3 is 0 Å². The van der Waals surface area contributed by atoms with Gasteiger partial charge in [-0.1, -0.05) is 12.1 Å².